The number of methoxy groups -OCH3 is 1. The van der Waals surface area contributed by atoms with E-state index in [0.717, 1.165) is 15.8 Å². The number of rotatable bonds is 2. The molecule has 0 atom stereocenters. The molecule has 0 bridgehead atoms. The Kier molecular flexibility index (Phi) is 2.91. The van der Waals surface area contributed by atoms with Gasteiger partial charge < -0.3 is 9.84 Å². The van der Waals surface area contributed by atoms with Crippen LogP contribution >= 0.6 is 15.9 Å². The predicted octanol–water partition coefficient (Wildman–Crippen LogP) is 1.95. The number of hydrogen-bond acceptors (Lipinski definition) is 2. The molecular weight excluding hydrogens is 208 g/mol. The molecule has 0 aliphatic carbocycles. The minimum absolute atomic E-state index is 0.0453. The Hall–Kier alpha value is -0.540. The molecule has 0 fully saturated rings. The first-order chi connectivity index (χ1) is 5.27. The Bertz CT molecular complexity index is 248. The molecule has 0 heterocycles. The molecule has 3 heteroatoms. The summed E-state index contributed by atoms with van der Waals surface area (Å²) in [6.45, 7) is 0.0453. The second-order valence-corrected chi connectivity index (χ2v) is 2.98. The molecule has 0 saturated heterocycles. The van der Waals surface area contributed by atoms with Crippen molar-refractivity contribution in [1.82, 2.24) is 0 Å². The van der Waals surface area contributed by atoms with Gasteiger partial charge in [-0.05, 0) is 33.6 Å². The van der Waals surface area contributed by atoms with Crippen LogP contribution in [0.4, 0.5) is 0 Å². The van der Waals surface area contributed by atoms with E-state index in [1.807, 2.05) is 12.1 Å². The summed E-state index contributed by atoms with van der Waals surface area (Å²) in [6, 6.07) is 5.49. The van der Waals surface area contributed by atoms with Crippen molar-refractivity contribution in [2.24, 2.45) is 0 Å². The highest BCUT2D eigenvalue weighted by Crippen LogP contribution is 2.25. The van der Waals surface area contributed by atoms with E-state index in [4.69, 9.17) is 9.84 Å². The Morgan fingerprint density at radius 1 is 1.55 bits per heavy atom. The fourth-order valence-corrected chi connectivity index (χ4v) is 1.21. The Morgan fingerprint density at radius 3 is 2.82 bits per heavy atom. The van der Waals surface area contributed by atoms with Gasteiger partial charge in [-0.2, -0.15) is 0 Å². The standard InChI is InChI=1S/C8H9BrO2/c1-11-8-4-6(5-10)2-3-7(8)9/h2-4,10H,5H2,1H3. The third kappa shape index (κ3) is 1.94. The molecule has 1 aromatic carbocycles. The van der Waals surface area contributed by atoms with Crippen molar-refractivity contribution in [3.8, 4) is 5.75 Å². The van der Waals surface area contributed by atoms with Crippen molar-refractivity contribution >= 4 is 15.9 Å². The summed E-state index contributed by atoms with van der Waals surface area (Å²) in [4.78, 5) is 0. The molecule has 0 radical (unpaired) electrons. The van der Waals surface area contributed by atoms with Crippen molar-refractivity contribution < 1.29 is 9.84 Å². The number of hydrogen-bond donors (Lipinski definition) is 1. The van der Waals surface area contributed by atoms with Crippen LogP contribution in [0.15, 0.2) is 22.7 Å². The number of aliphatic hydroxyl groups excluding tert-OH is 1. The van der Waals surface area contributed by atoms with Gasteiger partial charge in [-0.15, -0.1) is 0 Å². The van der Waals surface area contributed by atoms with Gasteiger partial charge in [-0.1, -0.05) is 6.07 Å². The van der Waals surface area contributed by atoms with E-state index in [1.165, 1.54) is 0 Å². The molecule has 0 saturated carbocycles. The fraction of sp³-hybridized carbons (Fsp3) is 0.250. The van der Waals surface area contributed by atoms with Gasteiger partial charge in [0.15, 0.2) is 0 Å². The zero-order chi connectivity index (χ0) is 8.27. The van der Waals surface area contributed by atoms with E-state index >= 15 is 0 Å². The first-order valence-corrected chi connectivity index (χ1v) is 4.00. The lowest BCUT2D eigenvalue weighted by atomic mass is 10.2. The molecule has 0 amide bonds. The van der Waals surface area contributed by atoms with Gasteiger partial charge in [-0.25, -0.2) is 0 Å². The molecule has 0 unspecified atom stereocenters. The van der Waals surface area contributed by atoms with Crippen molar-refractivity contribution in [3.63, 3.8) is 0 Å². The minimum Gasteiger partial charge on any atom is -0.496 e. The lowest BCUT2D eigenvalue weighted by Crippen LogP contribution is -1.87. The highest BCUT2D eigenvalue weighted by molar-refractivity contribution is 9.10. The highest BCUT2D eigenvalue weighted by atomic mass is 79.9. The van der Waals surface area contributed by atoms with E-state index in [2.05, 4.69) is 15.9 Å². The SMILES string of the molecule is COc1cc(CO)ccc1Br. The molecule has 1 aromatic rings. The maximum atomic E-state index is 8.78. The Morgan fingerprint density at radius 2 is 2.27 bits per heavy atom. The van der Waals surface area contributed by atoms with Gasteiger partial charge in [-0.3, -0.25) is 0 Å². The van der Waals surface area contributed by atoms with Crippen LogP contribution in [0.25, 0.3) is 0 Å². The normalized spacial score (nSPS) is 9.73. The van der Waals surface area contributed by atoms with Gasteiger partial charge in [0.1, 0.15) is 5.75 Å². The van der Waals surface area contributed by atoms with E-state index in [0.29, 0.717) is 0 Å². The minimum atomic E-state index is 0.0453. The van der Waals surface area contributed by atoms with Crippen LogP contribution in [0.2, 0.25) is 0 Å². The summed E-state index contributed by atoms with van der Waals surface area (Å²) in [6.07, 6.45) is 0. The van der Waals surface area contributed by atoms with Crippen LogP contribution in [0.3, 0.4) is 0 Å². The van der Waals surface area contributed by atoms with Crippen LogP contribution < -0.4 is 4.74 Å². The van der Waals surface area contributed by atoms with Gasteiger partial charge in [0.05, 0.1) is 18.2 Å². The third-order valence-corrected chi connectivity index (χ3v) is 2.05. The van der Waals surface area contributed by atoms with Crippen LogP contribution in [0, 0.1) is 0 Å². The topological polar surface area (TPSA) is 29.5 Å². The molecule has 0 aliphatic rings. The van der Waals surface area contributed by atoms with Gasteiger partial charge >= 0.3 is 0 Å². The van der Waals surface area contributed by atoms with E-state index in [-0.39, 0.29) is 6.61 Å². The second kappa shape index (κ2) is 3.74. The fourth-order valence-electron chi connectivity index (χ4n) is 0.803. The monoisotopic (exact) mass is 216 g/mol. The lowest BCUT2D eigenvalue weighted by Gasteiger charge is -2.03. The maximum absolute atomic E-state index is 8.78. The zero-order valence-corrected chi connectivity index (χ0v) is 7.76. The third-order valence-electron chi connectivity index (χ3n) is 1.40. The van der Waals surface area contributed by atoms with Crippen molar-refractivity contribution in [3.05, 3.63) is 28.2 Å². The average Bonchev–Trinajstić information content (AvgIpc) is 2.05. The van der Waals surface area contributed by atoms with Gasteiger partial charge in [0.2, 0.25) is 0 Å². The number of aliphatic hydroxyl groups is 1. The molecule has 1 N–H and O–H groups in total. The van der Waals surface area contributed by atoms with E-state index < -0.39 is 0 Å². The largest absolute Gasteiger partial charge is 0.496 e. The zero-order valence-electron chi connectivity index (χ0n) is 6.17. The summed E-state index contributed by atoms with van der Waals surface area (Å²) in [5, 5.41) is 8.78. The second-order valence-electron chi connectivity index (χ2n) is 2.13. The van der Waals surface area contributed by atoms with Gasteiger partial charge in [0, 0.05) is 0 Å². The Balaban J connectivity index is 3.02. The van der Waals surface area contributed by atoms with Crippen LogP contribution in [0.5, 0.6) is 5.75 Å². The van der Waals surface area contributed by atoms with Crippen LogP contribution in [-0.2, 0) is 6.61 Å². The van der Waals surface area contributed by atoms with Gasteiger partial charge in [0.25, 0.3) is 0 Å². The van der Waals surface area contributed by atoms with E-state index in [1.54, 1.807) is 13.2 Å². The van der Waals surface area contributed by atoms with E-state index in [9.17, 15) is 0 Å². The lowest BCUT2D eigenvalue weighted by molar-refractivity contribution is 0.281. The molecule has 1 rings (SSSR count). The highest BCUT2D eigenvalue weighted by Gasteiger charge is 1.99. The van der Waals surface area contributed by atoms with Crippen molar-refractivity contribution in [1.29, 1.82) is 0 Å². The van der Waals surface area contributed by atoms with Crippen LogP contribution in [-0.4, -0.2) is 12.2 Å². The average molecular weight is 217 g/mol. The predicted molar refractivity (Wildman–Crippen MR) is 46.6 cm³/mol. The summed E-state index contributed by atoms with van der Waals surface area (Å²) in [5.41, 5.74) is 0.852. The molecule has 11 heavy (non-hydrogen) atoms. The number of benzene rings is 1. The molecule has 2 nitrogen and oxygen atoms in total. The van der Waals surface area contributed by atoms with Crippen molar-refractivity contribution in [2.75, 3.05) is 7.11 Å². The maximum Gasteiger partial charge on any atom is 0.133 e. The number of halogens is 1. The van der Waals surface area contributed by atoms with Crippen molar-refractivity contribution in [2.45, 2.75) is 6.61 Å². The molecule has 0 aromatic heterocycles. The summed E-state index contributed by atoms with van der Waals surface area (Å²) in [5.74, 6) is 0.747. The quantitative estimate of drug-likeness (QED) is 0.820. The smallest absolute Gasteiger partial charge is 0.133 e. The summed E-state index contributed by atoms with van der Waals surface area (Å²) in [7, 11) is 1.60. The molecule has 60 valence electrons. The molecule has 0 aliphatic heterocycles. The molecule has 0 spiro atoms. The first-order valence-electron chi connectivity index (χ1n) is 3.21. The number of ether oxygens (including phenoxy) is 1. The first kappa shape index (κ1) is 8.56. The van der Waals surface area contributed by atoms with Crippen LogP contribution in [0.1, 0.15) is 5.56 Å². The summed E-state index contributed by atoms with van der Waals surface area (Å²) >= 11 is 3.31. The summed E-state index contributed by atoms with van der Waals surface area (Å²) < 4.78 is 5.93. The molecular formula is C8H9BrO2. The Labute approximate surface area is 73.9 Å².